The first-order valence-corrected chi connectivity index (χ1v) is 8.18. The Morgan fingerprint density at radius 3 is 2.71 bits per heavy atom. The van der Waals surface area contributed by atoms with Crippen molar-refractivity contribution in [2.45, 2.75) is 33.1 Å². The third kappa shape index (κ3) is 3.13. The average molecular weight is 307 g/mol. The van der Waals surface area contributed by atoms with E-state index in [9.17, 15) is 10.1 Å². The molecule has 1 aromatic rings. The fourth-order valence-corrected chi connectivity index (χ4v) is 3.59. The minimum atomic E-state index is -0.442. The summed E-state index contributed by atoms with van der Waals surface area (Å²) in [6.07, 6.45) is 3.77. The number of esters is 1. The molecule has 114 valence electrons. The van der Waals surface area contributed by atoms with E-state index in [1.54, 1.807) is 6.92 Å². The minimum absolute atomic E-state index is 0.253. The van der Waals surface area contributed by atoms with Crippen LogP contribution in [0.3, 0.4) is 0 Å². The smallest absolute Gasteiger partial charge is 0.350 e. The summed E-state index contributed by atoms with van der Waals surface area (Å²) >= 11 is 1.27. The molecule has 1 saturated carbocycles. The van der Waals surface area contributed by atoms with Crippen LogP contribution in [0.1, 0.15) is 48.3 Å². The van der Waals surface area contributed by atoms with Crippen molar-refractivity contribution < 1.29 is 9.53 Å². The van der Waals surface area contributed by atoms with Crippen LogP contribution in [0.4, 0.5) is 10.7 Å². The van der Waals surface area contributed by atoms with E-state index in [1.807, 2.05) is 0 Å². The molecule has 0 unspecified atom stereocenters. The van der Waals surface area contributed by atoms with Gasteiger partial charge in [-0.15, -0.1) is 11.3 Å². The molecule has 0 saturated heterocycles. The standard InChI is InChI=1S/C15H21N3O2S/c1-3-18(9-10-6-5-7-10)14-11(8-16)12(17)13(21-14)15(19)20-4-2/h10H,3-7,9,17H2,1-2H3. The second-order valence-electron chi connectivity index (χ2n) is 5.19. The Labute approximate surface area is 129 Å². The Hall–Kier alpha value is -1.74. The van der Waals surface area contributed by atoms with Crippen molar-refractivity contribution in [2.75, 3.05) is 30.3 Å². The Bertz CT molecular complexity index is 558. The molecular formula is C15H21N3O2S. The zero-order chi connectivity index (χ0) is 15.4. The largest absolute Gasteiger partial charge is 0.462 e. The molecule has 0 bridgehead atoms. The molecule has 1 aromatic heterocycles. The summed E-state index contributed by atoms with van der Waals surface area (Å²) < 4.78 is 5.01. The number of ether oxygens (including phenoxy) is 1. The average Bonchev–Trinajstić information content (AvgIpc) is 2.75. The zero-order valence-corrected chi connectivity index (χ0v) is 13.3. The highest BCUT2D eigenvalue weighted by atomic mass is 32.1. The number of nitrogen functional groups attached to an aromatic ring is 1. The van der Waals surface area contributed by atoms with Crippen molar-refractivity contribution >= 4 is 28.0 Å². The lowest BCUT2D eigenvalue weighted by Crippen LogP contribution is -2.32. The summed E-state index contributed by atoms with van der Waals surface area (Å²) in [4.78, 5) is 14.4. The molecule has 0 radical (unpaired) electrons. The van der Waals surface area contributed by atoms with Crippen LogP contribution in [0.15, 0.2) is 0 Å². The molecule has 1 aliphatic rings. The maximum absolute atomic E-state index is 11.9. The Morgan fingerprint density at radius 1 is 1.52 bits per heavy atom. The van der Waals surface area contributed by atoms with Gasteiger partial charge < -0.3 is 15.4 Å². The molecule has 1 heterocycles. The SMILES string of the molecule is CCOC(=O)c1sc(N(CC)CC2CCC2)c(C#N)c1N. The number of nitrogens with two attached hydrogens (primary N) is 1. The summed E-state index contributed by atoms with van der Waals surface area (Å²) in [7, 11) is 0. The van der Waals surface area contributed by atoms with Gasteiger partial charge in [-0.25, -0.2) is 4.79 Å². The van der Waals surface area contributed by atoms with Gasteiger partial charge in [0.25, 0.3) is 0 Å². The predicted octanol–water partition coefficient (Wildman–Crippen LogP) is 3.01. The first kappa shape index (κ1) is 15.6. The predicted molar refractivity (Wildman–Crippen MR) is 84.6 cm³/mol. The minimum Gasteiger partial charge on any atom is -0.462 e. The van der Waals surface area contributed by atoms with Gasteiger partial charge in [-0.05, 0) is 32.6 Å². The zero-order valence-electron chi connectivity index (χ0n) is 12.5. The molecular weight excluding hydrogens is 286 g/mol. The number of carbonyl (C=O) groups is 1. The van der Waals surface area contributed by atoms with Crippen molar-refractivity contribution in [2.24, 2.45) is 5.92 Å². The number of rotatable bonds is 6. The number of thiophene rings is 1. The monoisotopic (exact) mass is 307 g/mol. The van der Waals surface area contributed by atoms with Gasteiger partial charge in [0.2, 0.25) is 0 Å². The van der Waals surface area contributed by atoms with Crippen LogP contribution in [-0.2, 0) is 4.74 Å². The van der Waals surface area contributed by atoms with E-state index in [0.29, 0.717) is 23.0 Å². The van der Waals surface area contributed by atoms with E-state index in [4.69, 9.17) is 10.5 Å². The van der Waals surface area contributed by atoms with Gasteiger partial charge >= 0.3 is 5.97 Å². The van der Waals surface area contributed by atoms with Crippen molar-refractivity contribution in [1.82, 2.24) is 0 Å². The normalized spacial score (nSPS) is 14.3. The van der Waals surface area contributed by atoms with E-state index in [0.717, 1.165) is 18.1 Å². The third-order valence-corrected chi connectivity index (χ3v) is 5.12. The maximum Gasteiger partial charge on any atom is 0.350 e. The lowest BCUT2D eigenvalue weighted by molar-refractivity contribution is 0.0533. The Balaban J connectivity index is 2.30. The molecule has 2 rings (SSSR count). The molecule has 0 amide bonds. The van der Waals surface area contributed by atoms with E-state index in [-0.39, 0.29) is 5.69 Å². The summed E-state index contributed by atoms with van der Waals surface area (Å²) in [6.45, 7) is 5.83. The molecule has 1 fully saturated rings. The summed E-state index contributed by atoms with van der Waals surface area (Å²) in [6, 6.07) is 2.14. The van der Waals surface area contributed by atoms with Crippen LogP contribution in [-0.4, -0.2) is 25.7 Å². The van der Waals surface area contributed by atoms with Crippen molar-refractivity contribution in [3.63, 3.8) is 0 Å². The third-order valence-electron chi connectivity index (χ3n) is 3.87. The number of nitriles is 1. The summed E-state index contributed by atoms with van der Waals surface area (Å²) in [5, 5.41) is 10.2. The second kappa shape index (κ2) is 6.81. The molecule has 0 aromatic carbocycles. The van der Waals surface area contributed by atoms with Gasteiger partial charge in [0.05, 0.1) is 12.3 Å². The number of anilines is 2. The van der Waals surface area contributed by atoms with Gasteiger partial charge in [0, 0.05) is 13.1 Å². The van der Waals surface area contributed by atoms with Gasteiger partial charge in [0.1, 0.15) is 21.5 Å². The van der Waals surface area contributed by atoms with Gasteiger partial charge in [0.15, 0.2) is 0 Å². The van der Waals surface area contributed by atoms with Crippen molar-refractivity contribution in [1.29, 1.82) is 5.26 Å². The number of hydrogen-bond donors (Lipinski definition) is 1. The molecule has 21 heavy (non-hydrogen) atoms. The topological polar surface area (TPSA) is 79.3 Å². The van der Waals surface area contributed by atoms with Crippen LogP contribution in [0.2, 0.25) is 0 Å². The van der Waals surface area contributed by atoms with E-state index >= 15 is 0 Å². The van der Waals surface area contributed by atoms with Crippen molar-refractivity contribution in [3.05, 3.63) is 10.4 Å². The first-order valence-electron chi connectivity index (χ1n) is 7.36. The van der Waals surface area contributed by atoms with Gasteiger partial charge in [-0.3, -0.25) is 0 Å². The van der Waals surface area contributed by atoms with E-state index in [2.05, 4.69) is 17.9 Å². The summed E-state index contributed by atoms with van der Waals surface area (Å²) in [5.41, 5.74) is 6.64. The lowest BCUT2D eigenvalue weighted by atomic mass is 9.85. The molecule has 0 atom stereocenters. The van der Waals surface area contributed by atoms with Gasteiger partial charge in [-0.1, -0.05) is 6.42 Å². The molecule has 0 spiro atoms. The van der Waals surface area contributed by atoms with Crippen LogP contribution in [0.25, 0.3) is 0 Å². The molecule has 0 aliphatic heterocycles. The second-order valence-corrected chi connectivity index (χ2v) is 6.19. The highest BCUT2D eigenvalue weighted by Gasteiger charge is 2.27. The highest BCUT2D eigenvalue weighted by Crippen LogP contribution is 2.39. The van der Waals surface area contributed by atoms with Crippen LogP contribution in [0, 0.1) is 17.2 Å². The molecule has 2 N–H and O–H groups in total. The van der Waals surface area contributed by atoms with Gasteiger partial charge in [-0.2, -0.15) is 5.26 Å². The fraction of sp³-hybridized carbons (Fsp3) is 0.600. The first-order chi connectivity index (χ1) is 10.1. The highest BCUT2D eigenvalue weighted by molar-refractivity contribution is 7.18. The Kier molecular flexibility index (Phi) is 5.07. The van der Waals surface area contributed by atoms with Crippen molar-refractivity contribution in [3.8, 4) is 6.07 Å². The number of nitrogens with zero attached hydrogens (tertiary/aromatic N) is 2. The molecule has 5 nitrogen and oxygen atoms in total. The molecule has 6 heteroatoms. The summed E-state index contributed by atoms with van der Waals surface area (Å²) in [5.74, 6) is 0.244. The van der Waals surface area contributed by atoms with Crippen LogP contribution in [0.5, 0.6) is 0 Å². The Morgan fingerprint density at radius 2 is 2.24 bits per heavy atom. The van der Waals surface area contributed by atoms with Crippen LogP contribution < -0.4 is 10.6 Å². The van der Waals surface area contributed by atoms with Crippen LogP contribution >= 0.6 is 11.3 Å². The van der Waals surface area contributed by atoms with E-state index < -0.39 is 5.97 Å². The lowest BCUT2D eigenvalue weighted by Gasteiger charge is -2.32. The fourth-order valence-electron chi connectivity index (χ4n) is 2.45. The quantitative estimate of drug-likeness (QED) is 0.817. The molecule has 1 aliphatic carbocycles. The number of carbonyl (C=O) groups excluding carboxylic acids is 1. The number of hydrogen-bond acceptors (Lipinski definition) is 6. The van der Waals surface area contributed by atoms with E-state index in [1.165, 1.54) is 30.6 Å². The maximum atomic E-state index is 11.9.